The Bertz CT molecular complexity index is 481. The molecule has 0 heterocycles. The van der Waals surface area contributed by atoms with E-state index < -0.39 is 24.0 Å². The minimum atomic E-state index is -1.33. The van der Waals surface area contributed by atoms with Gasteiger partial charge in [-0.15, -0.1) is 11.8 Å². The predicted molar refractivity (Wildman–Crippen MR) is 73.0 cm³/mol. The van der Waals surface area contributed by atoms with Crippen LogP contribution in [0.3, 0.4) is 0 Å². The molecule has 1 rings (SSSR count). The predicted octanol–water partition coefficient (Wildman–Crippen LogP) is 1.26. The topological polar surface area (TPSA) is 86.6 Å². The van der Waals surface area contributed by atoms with E-state index in [0.717, 1.165) is 0 Å². The van der Waals surface area contributed by atoms with Crippen LogP contribution in [0.25, 0.3) is 0 Å². The number of aliphatic carboxylic acids is 1. The van der Waals surface area contributed by atoms with E-state index >= 15 is 0 Å². The van der Waals surface area contributed by atoms with Crippen LogP contribution in [0.1, 0.15) is 13.3 Å². The van der Waals surface area contributed by atoms with E-state index in [-0.39, 0.29) is 12.2 Å². The van der Waals surface area contributed by atoms with Crippen LogP contribution in [-0.2, 0) is 9.59 Å². The summed E-state index contributed by atoms with van der Waals surface area (Å²) in [6.45, 7) is 1.28. The second-order valence-corrected chi connectivity index (χ2v) is 5.29. The van der Waals surface area contributed by atoms with E-state index in [0.29, 0.717) is 10.6 Å². The zero-order chi connectivity index (χ0) is 15.1. The lowest BCUT2D eigenvalue weighted by Crippen LogP contribution is -2.47. The highest BCUT2D eigenvalue weighted by atomic mass is 32.2. The van der Waals surface area contributed by atoms with Crippen molar-refractivity contribution in [1.29, 1.82) is 0 Å². The van der Waals surface area contributed by atoms with Gasteiger partial charge in [0.1, 0.15) is 5.82 Å². The fourth-order valence-corrected chi connectivity index (χ4v) is 2.34. The Morgan fingerprint density at radius 1 is 1.40 bits per heavy atom. The Labute approximate surface area is 120 Å². The van der Waals surface area contributed by atoms with Crippen LogP contribution in [0, 0.1) is 5.82 Å². The number of carbonyl (C=O) groups is 2. The number of amides is 1. The van der Waals surface area contributed by atoms with E-state index in [1.54, 1.807) is 18.2 Å². The molecule has 0 spiro atoms. The third kappa shape index (κ3) is 5.18. The largest absolute Gasteiger partial charge is 0.480 e. The zero-order valence-electron chi connectivity index (χ0n) is 10.9. The highest BCUT2D eigenvalue weighted by Gasteiger charge is 2.24. The van der Waals surface area contributed by atoms with Crippen LogP contribution in [0.4, 0.5) is 4.39 Å². The number of hydrogen-bond acceptors (Lipinski definition) is 4. The summed E-state index contributed by atoms with van der Waals surface area (Å²) >= 11 is 1.17. The molecule has 20 heavy (non-hydrogen) atoms. The summed E-state index contributed by atoms with van der Waals surface area (Å²) in [6.07, 6.45) is -1.15. The molecule has 2 atom stereocenters. The number of aliphatic hydroxyl groups is 1. The van der Waals surface area contributed by atoms with Crippen molar-refractivity contribution in [3.63, 3.8) is 0 Å². The van der Waals surface area contributed by atoms with Crippen LogP contribution >= 0.6 is 11.8 Å². The van der Waals surface area contributed by atoms with Gasteiger partial charge in [0, 0.05) is 17.1 Å². The number of hydrogen-bond donors (Lipinski definition) is 3. The maximum absolute atomic E-state index is 13.3. The minimum Gasteiger partial charge on any atom is -0.480 e. The lowest BCUT2D eigenvalue weighted by Gasteiger charge is -2.16. The summed E-state index contributed by atoms with van der Waals surface area (Å²) < 4.78 is 13.3. The van der Waals surface area contributed by atoms with Crippen molar-refractivity contribution in [2.75, 3.05) is 5.75 Å². The van der Waals surface area contributed by atoms with E-state index in [4.69, 9.17) is 5.11 Å². The SMILES string of the molecule is CC(O)C(NC(=O)CCSc1ccccc1F)C(=O)O. The van der Waals surface area contributed by atoms with Gasteiger partial charge in [0.15, 0.2) is 6.04 Å². The molecule has 7 heteroatoms. The van der Waals surface area contributed by atoms with Crippen molar-refractivity contribution in [3.8, 4) is 0 Å². The minimum absolute atomic E-state index is 0.0372. The van der Waals surface area contributed by atoms with Gasteiger partial charge < -0.3 is 15.5 Å². The molecule has 110 valence electrons. The highest BCUT2D eigenvalue weighted by molar-refractivity contribution is 7.99. The molecule has 1 amide bonds. The second kappa shape index (κ2) is 7.86. The molecule has 0 radical (unpaired) electrons. The number of nitrogens with one attached hydrogen (secondary N) is 1. The van der Waals surface area contributed by atoms with Crippen LogP contribution in [0.5, 0.6) is 0 Å². The van der Waals surface area contributed by atoms with Crippen molar-refractivity contribution in [2.45, 2.75) is 30.4 Å². The molecule has 0 bridgehead atoms. The Morgan fingerprint density at radius 3 is 2.60 bits per heavy atom. The first-order valence-electron chi connectivity index (χ1n) is 5.99. The molecular weight excluding hydrogens is 285 g/mol. The number of carboxylic acids is 1. The number of rotatable bonds is 7. The Morgan fingerprint density at radius 2 is 2.05 bits per heavy atom. The molecule has 0 aliphatic rings. The molecule has 0 aliphatic carbocycles. The molecule has 0 fully saturated rings. The van der Waals surface area contributed by atoms with Crippen molar-refractivity contribution < 1.29 is 24.2 Å². The number of carboxylic acid groups (broad SMARTS) is 1. The Balaban J connectivity index is 2.40. The normalized spacial score (nSPS) is 13.6. The number of aliphatic hydroxyl groups excluding tert-OH is 1. The van der Waals surface area contributed by atoms with Gasteiger partial charge in [-0.1, -0.05) is 12.1 Å². The molecule has 0 aromatic heterocycles. The average Bonchev–Trinajstić information content (AvgIpc) is 2.37. The third-order valence-corrected chi connectivity index (χ3v) is 3.54. The first-order valence-corrected chi connectivity index (χ1v) is 6.98. The summed E-state index contributed by atoms with van der Waals surface area (Å²) in [5.74, 6) is -1.83. The lowest BCUT2D eigenvalue weighted by molar-refractivity contribution is -0.144. The van der Waals surface area contributed by atoms with E-state index in [2.05, 4.69) is 5.32 Å². The van der Waals surface area contributed by atoms with Gasteiger partial charge in [-0.25, -0.2) is 9.18 Å². The van der Waals surface area contributed by atoms with Gasteiger partial charge in [0.25, 0.3) is 0 Å². The fraction of sp³-hybridized carbons (Fsp3) is 0.385. The summed E-state index contributed by atoms with van der Waals surface area (Å²) in [6, 6.07) is 4.87. The monoisotopic (exact) mass is 301 g/mol. The Hall–Kier alpha value is -1.60. The van der Waals surface area contributed by atoms with Crippen molar-refractivity contribution in [2.24, 2.45) is 0 Å². The number of halogens is 1. The van der Waals surface area contributed by atoms with Crippen LogP contribution in [0.15, 0.2) is 29.2 Å². The van der Waals surface area contributed by atoms with Gasteiger partial charge in [-0.2, -0.15) is 0 Å². The zero-order valence-corrected chi connectivity index (χ0v) is 11.7. The highest BCUT2D eigenvalue weighted by Crippen LogP contribution is 2.21. The molecule has 3 N–H and O–H groups in total. The smallest absolute Gasteiger partial charge is 0.328 e. The first-order chi connectivity index (χ1) is 9.41. The third-order valence-electron chi connectivity index (χ3n) is 2.49. The quantitative estimate of drug-likeness (QED) is 0.660. The standard InChI is InChI=1S/C13H16FNO4S/c1-8(16)12(13(18)19)15-11(17)6-7-20-10-5-3-2-4-9(10)14/h2-5,8,12,16H,6-7H2,1H3,(H,15,17)(H,18,19). The van der Waals surface area contributed by atoms with E-state index in [1.165, 1.54) is 24.8 Å². The fourth-order valence-electron chi connectivity index (χ4n) is 1.45. The molecule has 1 aromatic carbocycles. The molecule has 2 unspecified atom stereocenters. The molecule has 0 saturated heterocycles. The maximum atomic E-state index is 13.3. The second-order valence-electron chi connectivity index (χ2n) is 4.15. The Kier molecular flexibility index (Phi) is 6.47. The van der Waals surface area contributed by atoms with Crippen molar-refractivity contribution in [1.82, 2.24) is 5.32 Å². The summed E-state index contributed by atoms with van der Waals surface area (Å²) in [5, 5.41) is 20.2. The van der Waals surface area contributed by atoms with Gasteiger partial charge in [0.2, 0.25) is 5.91 Å². The molecule has 0 aliphatic heterocycles. The average molecular weight is 301 g/mol. The molecule has 0 saturated carbocycles. The molecular formula is C13H16FNO4S. The van der Waals surface area contributed by atoms with Crippen LogP contribution in [0.2, 0.25) is 0 Å². The lowest BCUT2D eigenvalue weighted by atomic mass is 10.2. The van der Waals surface area contributed by atoms with E-state index in [9.17, 15) is 19.1 Å². The summed E-state index contributed by atoms with van der Waals surface area (Å²) in [4.78, 5) is 22.8. The van der Waals surface area contributed by atoms with Crippen molar-refractivity contribution >= 4 is 23.6 Å². The first kappa shape index (κ1) is 16.5. The van der Waals surface area contributed by atoms with Gasteiger partial charge >= 0.3 is 5.97 Å². The summed E-state index contributed by atoms with van der Waals surface area (Å²) in [7, 11) is 0. The number of benzene rings is 1. The van der Waals surface area contributed by atoms with Crippen LogP contribution < -0.4 is 5.32 Å². The number of carbonyl (C=O) groups excluding carboxylic acids is 1. The van der Waals surface area contributed by atoms with Gasteiger partial charge in [-0.3, -0.25) is 4.79 Å². The van der Waals surface area contributed by atoms with Crippen molar-refractivity contribution in [3.05, 3.63) is 30.1 Å². The van der Waals surface area contributed by atoms with E-state index in [1.807, 2.05) is 0 Å². The van der Waals surface area contributed by atoms with Gasteiger partial charge in [0.05, 0.1) is 6.10 Å². The van der Waals surface area contributed by atoms with Crippen LogP contribution in [-0.4, -0.2) is 40.0 Å². The maximum Gasteiger partial charge on any atom is 0.328 e. The molecule has 5 nitrogen and oxygen atoms in total. The van der Waals surface area contributed by atoms with Gasteiger partial charge in [-0.05, 0) is 19.1 Å². The molecule has 1 aromatic rings. The summed E-state index contributed by atoms with van der Waals surface area (Å²) in [5.41, 5.74) is 0. The number of thioether (sulfide) groups is 1.